The molecule has 2 rings (SSSR count). The lowest BCUT2D eigenvalue weighted by Crippen LogP contribution is -2.36. The first-order valence-corrected chi connectivity index (χ1v) is 6.79. The third-order valence-electron chi connectivity index (χ3n) is 3.21. The van der Waals surface area contributed by atoms with Crippen LogP contribution in [0.15, 0.2) is 18.2 Å². The number of nitrogens with zero attached hydrogens (tertiary/aromatic N) is 1. The van der Waals surface area contributed by atoms with E-state index in [0.29, 0.717) is 22.2 Å². The Balaban J connectivity index is 2.30. The third kappa shape index (κ3) is 2.57. The Morgan fingerprint density at radius 2 is 2.33 bits per heavy atom. The van der Waals surface area contributed by atoms with E-state index in [-0.39, 0.29) is 11.9 Å². The minimum absolute atomic E-state index is 0.0579. The molecule has 1 aliphatic rings. The van der Waals surface area contributed by atoms with Crippen molar-refractivity contribution in [2.75, 3.05) is 19.5 Å². The Morgan fingerprint density at radius 1 is 1.56 bits per heavy atom. The van der Waals surface area contributed by atoms with Crippen LogP contribution in [0.4, 0.5) is 0 Å². The highest BCUT2D eigenvalue weighted by Gasteiger charge is 2.30. The molecule has 0 bridgehead atoms. The molecule has 18 heavy (non-hydrogen) atoms. The Kier molecular flexibility index (Phi) is 4.36. The summed E-state index contributed by atoms with van der Waals surface area (Å²) in [6, 6.07) is 5.18. The van der Waals surface area contributed by atoms with Gasteiger partial charge in [-0.15, -0.1) is 11.6 Å². The van der Waals surface area contributed by atoms with E-state index in [2.05, 4.69) is 0 Å². The highest BCUT2D eigenvalue weighted by Crippen LogP contribution is 2.27. The lowest BCUT2D eigenvalue weighted by atomic mass is 10.1. The first-order valence-electron chi connectivity index (χ1n) is 5.88. The van der Waals surface area contributed by atoms with Crippen LogP contribution in [0.1, 0.15) is 23.2 Å². The van der Waals surface area contributed by atoms with Gasteiger partial charge >= 0.3 is 0 Å². The number of halogens is 2. The van der Waals surface area contributed by atoms with E-state index in [0.717, 1.165) is 19.4 Å². The lowest BCUT2D eigenvalue weighted by Gasteiger charge is -2.23. The standard InChI is InChI=1S/C13H15Cl2NO2/c1-18-12-5-4-9(15)7-11(12)13(17)16-6-2-3-10(16)8-14/h4-5,7,10H,2-3,6,8H2,1H3. The molecule has 3 nitrogen and oxygen atoms in total. The fourth-order valence-electron chi connectivity index (χ4n) is 2.27. The van der Waals surface area contributed by atoms with Gasteiger partial charge in [-0.3, -0.25) is 4.79 Å². The number of rotatable bonds is 3. The average molecular weight is 288 g/mol. The molecule has 1 amide bonds. The minimum Gasteiger partial charge on any atom is -0.496 e. The van der Waals surface area contributed by atoms with Gasteiger partial charge in [-0.25, -0.2) is 0 Å². The summed E-state index contributed by atoms with van der Waals surface area (Å²) in [7, 11) is 1.54. The maximum absolute atomic E-state index is 12.5. The van der Waals surface area contributed by atoms with Crippen molar-refractivity contribution in [3.8, 4) is 5.75 Å². The Hall–Kier alpha value is -0.930. The van der Waals surface area contributed by atoms with Gasteiger partial charge in [0.25, 0.3) is 5.91 Å². The summed E-state index contributed by atoms with van der Waals surface area (Å²) in [6.45, 7) is 0.742. The number of hydrogen-bond donors (Lipinski definition) is 0. The molecule has 0 aromatic heterocycles. The fraction of sp³-hybridized carbons (Fsp3) is 0.462. The van der Waals surface area contributed by atoms with Gasteiger partial charge in [-0.1, -0.05) is 11.6 Å². The van der Waals surface area contributed by atoms with Crippen molar-refractivity contribution in [3.05, 3.63) is 28.8 Å². The molecule has 1 saturated heterocycles. The number of alkyl halides is 1. The van der Waals surface area contributed by atoms with E-state index in [1.54, 1.807) is 30.2 Å². The van der Waals surface area contributed by atoms with Gasteiger partial charge in [0.15, 0.2) is 0 Å². The van der Waals surface area contributed by atoms with Crippen molar-refractivity contribution in [1.29, 1.82) is 0 Å². The molecular formula is C13H15Cl2NO2. The van der Waals surface area contributed by atoms with E-state index < -0.39 is 0 Å². The van der Waals surface area contributed by atoms with E-state index in [9.17, 15) is 4.79 Å². The van der Waals surface area contributed by atoms with Gasteiger partial charge in [-0.05, 0) is 31.0 Å². The predicted molar refractivity (Wildman–Crippen MR) is 72.8 cm³/mol. The molecule has 0 radical (unpaired) electrons. The zero-order valence-electron chi connectivity index (χ0n) is 10.2. The zero-order valence-corrected chi connectivity index (χ0v) is 11.7. The highest BCUT2D eigenvalue weighted by molar-refractivity contribution is 6.31. The van der Waals surface area contributed by atoms with Gasteiger partial charge in [-0.2, -0.15) is 0 Å². The molecule has 1 atom stereocenters. The van der Waals surface area contributed by atoms with E-state index in [1.165, 1.54) is 0 Å². The van der Waals surface area contributed by atoms with Crippen LogP contribution in [0.3, 0.4) is 0 Å². The maximum Gasteiger partial charge on any atom is 0.257 e. The molecule has 0 saturated carbocycles. The molecule has 0 N–H and O–H groups in total. The third-order valence-corrected chi connectivity index (χ3v) is 3.80. The quantitative estimate of drug-likeness (QED) is 0.799. The molecule has 0 aliphatic carbocycles. The number of methoxy groups -OCH3 is 1. The molecule has 1 unspecified atom stereocenters. The number of likely N-dealkylation sites (tertiary alicyclic amines) is 1. The maximum atomic E-state index is 12.5. The smallest absolute Gasteiger partial charge is 0.257 e. The second-order valence-corrected chi connectivity index (χ2v) is 5.04. The number of carbonyl (C=O) groups is 1. The first kappa shape index (κ1) is 13.5. The second kappa shape index (κ2) is 5.81. The molecule has 1 aromatic carbocycles. The molecule has 1 aliphatic heterocycles. The molecule has 1 fully saturated rings. The largest absolute Gasteiger partial charge is 0.496 e. The van der Waals surface area contributed by atoms with Crippen LogP contribution in [0.2, 0.25) is 5.02 Å². The zero-order chi connectivity index (χ0) is 13.1. The van der Waals surface area contributed by atoms with Crippen LogP contribution >= 0.6 is 23.2 Å². The lowest BCUT2D eigenvalue weighted by molar-refractivity contribution is 0.0746. The molecule has 98 valence electrons. The summed E-state index contributed by atoms with van der Waals surface area (Å²) in [4.78, 5) is 14.3. The van der Waals surface area contributed by atoms with Gasteiger partial charge in [0, 0.05) is 23.5 Å². The van der Waals surface area contributed by atoms with Crippen LogP contribution in [-0.4, -0.2) is 36.4 Å². The fourth-order valence-corrected chi connectivity index (χ4v) is 2.76. The Bertz CT molecular complexity index is 451. The summed E-state index contributed by atoms with van der Waals surface area (Å²) in [6.07, 6.45) is 1.95. The summed E-state index contributed by atoms with van der Waals surface area (Å²) in [5, 5.41) is 0.528. The molecule has 0 spiro atoms. The van der Waals surface area contributed by atoms with Crippen LogP contribution in [-0.2, 0) is 0 Å². The van der Waals surface area contributed by atoms with Crippen molar-refractivity contribution in [2.45, 2.75) is 18.9 Å². The molecule has 1 aromatic rings. The number of ether oxygens (including phenoxy) is 1. The molecule has 1 heterocycles. The average Bonchev–Trinajstić information content (AvgIpc) is 2.86. The number of carbonyl (C=O) groups excluding carboxylic acids is 1. The Morgan fingerprint density at radius 3 is 3.00 bits per heavy atom. The summed E-state index contributed by atoms with van der Waals surface area (Å²) < 4.78 is 5.21. The van der Waals surface area contributed by atoms with Crippen LogP contribution in [0.25, 0.3) is 0 Å². The predicted octanol–water partition coefficient (Wildman–Crippen LogP) is 3.19. The van der Waals surface area contributed by atoms with Gasteiger partial charge in [0.05, 0.1) is 12.7 Å². The van der Waals surface area contributed by atoms with Crippen molar-refractivity contribution in [3.63, 3.8) is 0 Å². The van der Waals surface area contributed by atoms with Gasteiger partial charge < -0.3 is 9.64 Å². The summed E-state index contributed by atoms with van der Waals surface area (Å²) >= 11 is 11.8. The van der Waals surface area contributed by atoms with Gasteiger partial charge in [0.1, 0.15) is 5.75 Å². The Labute approximate surface area is 117 Å². The van der Waals surface area contributed by atoms with Crippen LogP contribution in [0.5, 0.6) is 5.75 Å². The van der Waals surface area contributed by atoms with Crippen molar-refractivity contribution < 1.29 is 9.53 Å². The van der Waals surface area contributed by atoms with Crippen molar-refractivity contribution in [2.24, 2.45) is 0 Å². The van der Waals surface area contributed by atoms with E-state index in [4.69, 9.17) is 27.9 Å². The number of hydrogen-bond acceptors (Lipinski definition) is 2. The van der Waals surface area contributed by atoms with E-state index >= 15 is 0 Å². The first-order chi connectivity index (χ1) is 8.67. The SMILES string of the molecule is COc1ccc(Cl)cc1C(=O)N1CCCC1CCl. The number of benzene rings is 1. The highest BCUT2D eigenvalue weighted by atomic mass is 35.5. The van der Waals surface area contributed by atoms with Crippen LogP contribution < -0.4 is 4.74 Å². The van der Waals surface area contributed by atoms with Crippen molar-refractivity contribution in [1.82, 2.24) is 4.90 Å². The normalized spacial score (nSPS) is 19.1. The number of amides is 1. The van der Waals surface area contributed by atoms with Crippen molar-refractivity contribution >= 4 is 29.1 Å². The molecular weight excluding hydrogens is 273 g/mol. The minimum atomic E-state index is -0.0579. The topological polar surface area (TPSA) is 29.5 Å². The molecule has 5 heteroatoms. The second-order valence-electron chi connectivity index (χ2n) is 4.29. The monoisotopic (exact) mass is 287 g/mol. The van der Waals surface area contributed by atoms with Crippen LogP contribution in [0, 0.1) is 0 Å². The summed E-state index contributed by atoms with van der Waals surface area (Å²) in [5.41, 5.74) is 0.502. The van der Waals surface area contributed by atoms with E-state index in [1.807, 2.05) is 0 Å². The summed E-state index contributed by atoms with van der Waals surface area (Å²) in [5.74, 6) is 0.955. The van der Waals surface area contributed by atoms with Gasteiger partial charge in [0.2, 0.25) is 0 Å².